The molecule has 1 saturated heterocycles. The molecule has 2 aliphatic heterocycles. The fraction of sp³-hybridized carbons (Fsp3) is 0.462. The van der Waals surface area contributed by atoms with Gasteiger partial charge in [-0.2, -0.15) is 0 Å². The Kier molecular flexibility index (Phi) is 8.46. The number of rotatable bonds is 7. The van der Waals surface area contributed by atoms with E-state index in [0.717, 1.165) is 6.07 Å². The van der Waals surface area contributed by atoms with Crippen LogP contribution in [0.2, 0.25) is 5.02 Å². The average molecular weight is 629 g/mol. The zero-order valence-corrected chi connectivity index (χ0v) is 24.2. The topological polar surface area (TPSA) is 138 Å². The Labute approximate surface area is 244 Å². The van der Waals surface area contributed by atoms with Gasteiger partial charge in [-0.25, -0.2) is 31.3 Å². The molecule has 3 heterocycles. The number of aliphatic carboxylic acids is 1. The summed E-state index contributed by atoms with van der Waals surface area (Å²) in [6, 6.07) is 1.04. The number of methoxy groups -OCH3 is 1. The van der Waals surface area contributed by atoms with Crippen molar-refractivity contribution in [2.75, 3.05) is 20.2 Å². The first kappa shape index (κ1) is 29.5. The summed E-state index contributed by atoms with van der Waals surface area (Å²) in [6.07, 6.45) is 3.17. The molecule has 3 aliphatic rings. The number of halogens is 3. The number of benzene rings is 1. The number of hydrogen-bond donors (Lipinski definition) is 2. The second-order valence-electron chi connectivity index (χ2n) is 10.1. The Morgan fingerprint density at radius 3 is 2.54 bits per heavy atom. The standard InChI is InChI=1S/C26H27ClF2N4O6S2/c1-39-26(36)18-21(13-2-4-15(5-3-13)41(37,38)33-10-8-14(12-33)25(34)35)31-23(24-30-9-11-40-24)32-22(18)16-6-7-17(28)20(29)19(16)27/h6-7,9,11,13-15,22H,2-5,8,10,12H2,1H3,(H,31,32)(H,34,35)/t13?,14-,15?,22?/m1/s1. The summed E-state index contributed by atoms with van der Waals surface area (Å²) < 4.78 is 61.4. The molecule has 2 fully saturated rings. The van der Waals surface area contributed by atoms with Crippen LogP contribution in [-0.4, -0.2) is 66.0 Å². The molecular formula is C26H27ClF2N4O6S2. The Hall–Kier alpha value is -2.94. The van der Waals surface area contributed by atoms with Crippen molar-refractivity contribution in [3.63, 3.8) is 0 Å². The molecule has 0 amide bonds. The monoisotopic (exact) mass is 628 g/mol. The highest BCUT2D eigenvalue weighted by Crippen LogP contribution is 2.43. The molecule has 15 heteroatoms. The van der Waals surface area contributed by atoms with Gasteiger partial charge < -0.3 is 15.2 Å². The summed E-state index contributed by atoms with van der Waals surface area (Å²) in [5, 5.41) is 13.5. The zero-order valence-electron chi connectivity index (χ0n) is 21.8. The first-order valence-electron chi connectivity index (χ1n) is 12.9. The summed E-state index contributed by atoms with van der Waals surface area (Å²) in [7, 11) is -2.52. The molecule has 220 valence electrons. The molecule has 1 aromatic carbocycles. The highest BCUT2D eigenvalue weighted by atomic mass is 35.5. The molecule has 1 saturated carbocycles. The summed E-state index contributed by atoms with van der Waals surface area (Å²) in [5.74, 6) is -4.90. The number of sulfonamides is 1. The van der Waals surface area contributed by atoms with Crippen molar-refractivity contribution in [2.45, 2.75) is 43.4 Å². The number of hydrogen-bond acceptors (Lipinski definition) is 9. The normalized spacial score (nSPS) is 25.5. The third kappa shape index (κ3) is 5.62. The van der Waals surface area contributed by atoms with Crippen molar-refractivity contribution < 1.29 is 36.6 Å². The van der Waals surface area contributed by atoms with E-state index in [1.807, 2.05) is 0 Å². The van der Waals surface area contributed by atoms with Crippen molar-refractivity contribution in [3.05, 3.63) is 62.2 Å². The molecule has 0 radical (unpaired) electrons. The minimum Gasteiger partial charge on any atom is -0.481 e. The van der Waals surface area contributed by atoms with Crippen LogP contribution < -0.4 is 5.32 Å². The molecule has 2 N–H and O–H groups in total. The number of ether oxygens (including phenoxy) is 1. The summed E-state index contributed by atoms with van der Waals surface area (Å²) in [5.41, 5.74) is 0.569. The van der Waals surface area contributed by atoms with Crippen LogP contribution in [0.25, 0.3) is 0 Å². The fourth-order valence-corrected chi connectivity index (χ4v) is 8.55. The lowest BCUT2D eigenvalue weighted by Crippen LogP contribution is -2.42. The van der Waals surface area contributed by atoms with Crippen LogP contribution in [0.1, 0.15) is 48.7 Å². The molecular weight excluding hydrogens is 602 g/mol. The van der Waals surface area contributed by atoms with Crippen molar-refractivity contribution >= 4 is 50.7 Å². The lowest BCUT2D eigenvalue weighted by Gasteiger charge is -2.35. The number of nitrogens with one attached hydrogen (secondary N) is 1. The van der Waals surface area contributed by atoms with Crippen LogP contribution in [0.5, 0.6) is 0 Å². The number of carboxylic acids is 1. The molecule has 5 rings (SSSR count). The molecule has 2 atom stereocenters. The van der Waals surface area contributed by atoms with Gasteiger partial charge in [0.1, 0.15) is 6.04 Å². The maximum absolute atomic E-state index is 14.5. The predicted octanol–water partition coefficient (Wildman–Crippen LogP) is 3.89. The van der Waals surface area contributed by atoms with E-state index >= 15 is 0 Å². The summed E-state index contributed by atoms with van der Waals surface area (Å²) in [6.45, 7) is 0.129. The van der Waals surface area contributed by atoms with Gasteiger partial charge in [0.2, 0.25) is 10.0 Å². The number of nitrogens with zero attached hydrogens (tertiary/aromatic N) is 3. The SMILES string of the molecule is COC(=O)C1=C(C2CCC(S(=O)(=O)N3CC[C@@H](C(=O)O)C3)CC2)NC(c2nccs2)=NC1c1ccc(F)c(F)c1Cl. The number of carboxylic acid groups (broad SMARTS) is 1. The molecule has 0 bridgehead atoms. The Morgan fingerprint density at radius 2 is 1.93 bits per heavy atom. The van der Waals surface area contributed by atoms with E-state index in [-0.39, 0.29) is 49.4 Å². The minimum absolute atomic E-state index is 0.0406. The first-order chi connectivity index (χ1) is 19.5. The van der Waals surface area contributed by atoms with E-state index < -0.39 is 55.8 Å². The highest BCUT2D eigenvalue weighted by Gasteiger charge is 2.43. The number of esters is 1. The van der Waals surface area contributed by atoms with Crippen LogP contribution in [-0.2, 0) is 24.3 Å². The largest absolute Gasteiger partial charge is 0.481 e. The summed E-state index contributed by atoms with van der Waals surface area (Å²) in [4.78, 5) is 33.4. The Bertz CT molecular complexity index is 1520. The number of aliphatic imine (C=N–C) groups is 1. The van der Waals surface area contributed by atoms with E-state index in [0.29, 0.717) is 29.4 Å². The molecule has 0 spiro atoms. The third-order valence-corrected chi connectivity index (χ3v) is 11.4. The average Bonchev–Trinajstić information content (AvgIpc) is 3.69. The quantitative estimate of drug-likeness (QED) is 0.348. The Morgan fingerprint density at radius 1 is 1.20 bits per heavy atom. The van der Waals surface area contributed by atoms with E-state index in [2.05, 4.69) is 15.3 Å². The molecule has 1 aromatic heterocycles. The number of aromatic nitrogens is 1. The predicted molar refractivity (Wildman–Crippen MR) is 147 cm³/mol. The molecule has 41 heavy (non-hydrogen) atoms. The number of carbonyl (C=O) groups is 2. The summed E-state index contributed by atoms with van der Waals surface area (Å²) >= 11 is 7.50. The van der Waals surface area contributed by atoms with E-state index in [1.54, 1.807) is 11.6 Å². The van der Waals surface area contributed by atoms with Gasteiger partial charge in [0.25, 0.3) is 0 Å². The van der Waals surface area contributed by atoms with Crippen molar-refractivity contribution in [1.29, 1.82) is 0 Å². The lowest BCUT2D eigenvalue weighted by molar-refractivity contribution is -0.141. The van der Waals surface area contributed by atoms with Gasteiger partial charge in [-0.05, 0) is 44.1 Å². The molecule has 1 aliphatic carbocycles. The maximum atomic E-state index is 14.5. The van der Waals surface area contributed by atoms with Crippen LogP contribution in [0, 0.1) is 23.5 Å². The van der Waals surface area contributed by atoms with Crippen LogP contribution in [0.15, 0.2) is 40.0 Å². The van der Waals surface area contributed by atoms with E-state index in [1.165, 1.54) is 28.8 Å². The number of thiazole rings is 1. The minimum atomic E-state index is -3.72. The van der Waals surface area contributed by atoms with Gasteiger partial charge in [0.15, 0.2) is 22.5 Å². The number of amidine groups is 1. The smallest absolute Gasteiger partial charge is 0.338 e. The maximum Gasteiger partial charge on any atom is 0.338 e. The van der Waals surface area contributed by atoms with Crippen molar-refractivity contribution in [1.82, 2.24) is 14.6 Å². The van der Waals surface area contributed by atoms with Gasteiger partial charge >= 0.3 is 11.9 Å². The Balaban J connectivity index is 1.48. The number of allylic oxidation sites excluding steroid dienone is 1. The lowest BCUT2D eigenvalue weighted by atomic mass is 9.82. The van der Waals surface area contributed by atoms with Crippen LogP contribution >= 0.6 is 22.9 Å². The van der Waals surface area contributed by atoms with Crippen LogP contribution in [0.4, 0.5) is 8.78 Å². The van der Waals surface area contributed by atoms with Gasteiger partial charge in [0.05, 0.1) is 28.9 Å². The first-order valence-corrected chi connectivity index (χ1v) is 15.7. The van der Waals surface area contributed by atoms with Crippen LogP contribution in [0.3, 0.4) is 0 Å². The molecule has 10 nitrogen and oxygen atoms in total. The van der Waals surface area contributed by atoms with E-state index in [9.17, 15) is 31.9 Å². The third-order valence-electron chi connectivity index (χ3n) is 7.84. The fourth-order valence-electron chi connectivity index (χ4n) is 5.67. The van der Waals surface area contributed by atoms with Gasteiger partial charge in [-0.1, -0.05) is 17.7 Å². The molecule has 2 aromatic rings. The number of carbonyl (C=O) groups excluding carboxylic acids is 1. The van der Waals surface area contributed by atoms with Gasteiger partial charge in [-0.15, -0.1) is 11.3 Å². The van der Waals surface area contributed by atoms with Crippen molar-refractivity contribution in [3.8, 4) is 0 Å². The van der Waals surface area contributed by atoms with Gasteiger partial charge in [0, 0.05) is 35.9 Å². The van der Waals surface area contributed by atoms with Gasteiger partial charge in [-0.3, -0.25) is 9.79 Å². The van der Waals surface area contributed by atoms with E-state index in [4.69, 9.17) is 16.3 Å². The second kappa shape index (κ2) is 11.7. The second-order valence-corrected chi connectivity index (χ2v) is 13.6. The zero-order chi connectivity index (χ0) is 29.5. The highest BCUT2D eigenvalue weighted by molar-refractivity contribution is 7.89. The van der Waals surface area contributed by atoms with Crippen molar-refractivity contribution in [2.24, 2.45) is 16.8 Å². The molecule has 1 unspecified atom stereocenters.